The molecule has 3 rings (SSSR count). The summed E-state index contributed by atoms with van der Waals surface area (Å²) in [5, 5.41) is 3.33. The Labute approximate surface area is 144 Å². The number of hydrogen-bond acceptors (Lipinski definition) is 5. The topological polar surface area (TPSA) is 77.1 Å². The van der Waals surface area contributed by atoms with Crippen molar-refractivity contribution in [3.05, 3.63) is 27.2 Å². The van der Waals surface area contributed by atoms with E-state index >= 15 is 0 Å². The van der Waals surface area contributed by atoms with Crippen LogP contribution in [0.5, 0.6) is 0 Å². The van der Waals surface area contributed by atoms with Gasteiger partial charge in [0.25, 0.3) is 5.56 Å². The van der Waals surface area contributed by atoms with Crippen LogP contribution < -0.4 is 16.6 Å². The highest BCUT2D eigenvalue weighted by Crippen LogP contribution is 2.26. The lowest BCUT2D eigenvalue weighted by molar-refractivity contribution is 0.119. The highest BCUT2D eigenvalue weighted by atomic mass is 35.5. The lowest BCUT2D eigenvalue weighted by Crippen LogP contribution is -2.58. The van der Waals surface area contributed by atoms with E-state index in [4.69, 9.17) is 11.6 Å². The molecule has 24 heavy (non-hydrogen) atoms. The third kappa shape index (κ3) is 2.68. The van der Waals surface area contributed by atoms with Gasteiger partial charge >= 0.3 is 5.69 Å². The number of aryl methyl sites for hydroxylation is 1. The zero-order chi connectivity index (χ0) is 17.5. The van der Waals surface area contributed by atoms with E-state index in [0.29, 0.717) is 17.7 Å². The van der Waals surface area contributed by atoms with E-state index < -0.39 is 5.00 Å². The number of rotatable bonds is 4. The molecule has 1 aliphatic heterocycles. The van der Waals surface area contributed by atoms with Crippen molar-refractivity contribution >= 4 is 22.8 Å². The van der Waals surface area contributed by atoms with Crippen LogP contribution in [-0.2, 0) is 20.6 Å². The lowest BCUT2D eigenvalue weighted by atomic mass is 10.1. The maximum Gasteiger partial charge on any atom is 0.332 e. The van der Waals surface area contributed by atoms with Gasteiger partial charge in [-0.25, -0.2) is 9.78 Å². The van der Waals surface area contributed by atoms with Crippen molar-refractivity contribution in [3.8, 4) is 0 Å². The Kier molecular flexibility index (Phi) is 4.54. The van der Waals surface area contributed by atoms with Crippen molar-refractivity contribution in [3.63, 3.8) is 0 Å². The second-order valence-electron chi connectivity index (χ2n) is 6.25. The minimum absolute atomic E-state index is 0.321. The highest BCUT2D eigenvalue weighted by molar-refractivity contribution is 6.23. The maximum atomic E-state index is 12.5. The molecule has 9 heteroatoms. The number of piperazine rings is 1. The van der Waals surface area contributed by atoms with Gasteiger partial charge < -0.3 is 9.88 Å². The summed E-state index contributed by atoms with van der Waals surface area (Å²) in [7, 11) is 3.11. The molecule has 0 aliphatic carbocycles. The van der Waals surface area contributed by atoms with Crippen molar-refractivity contribution in [1.82, 2.24) is 28.9 Å². The Hall–Kier alpha value is -1.64. The molecule has 0 saturated carbocycles. The summed E-state index contributed by atoms with van der Waals surface area (Å²) in [4.78, 5) is 30.5. The molecule has 1 unspecified atom stereocenters. The van der Waals surface area contributed by atoms with Gasteiger partial charge in [0.1, 0.15) is 5.00 Å². The van der Waals surface area contributed by atoms with Crippen LogP contribution in [0.4, 0.5) is 0 Å². The Bertz CT molecular complexity index is 869. The second-order valence-corrected chi connectivity index (χ2v) is 6.95. The van der Waals surface area contributed by atoms with Crippen LogP contribution in [0.3, 0.4) is 0 Å². The molecule has 3 heterocycles. The van der Waals surface area contributed by atoms with Crippen LogP contribution in [0.15, 0.2) is 15.9 Å². The number of hydrogen-bond donors (Lipinski definition) is 1. The molecule has 0 bridgehead atoms. The van der Waals surface area contributed by atoms with Crippen LogP contribution in [-0.4, -0.2) is 54.8 Å². The summed E-state index contributed by atoms with van der Waals surface area (Å²) in [6.07, 6.45) is 2.46. The number of imidazole rings is 1. The third-order valence-electron chi connectivity index (χ3n) is 4.89. The second kappa shape index (κ2) is 6.34. The van der Waals surface area contributed by atoms with Crippen LogP contribution >= 0.6 is 11.6 Å². The summed E-state index contributed by atoms with van der Waals surface area (Å²) in [5.41, 5.74) is 0.173. The van der Waals surface area contributed by atoms with Gasteiger partial charge in [-0.1, -0.05) is 6.92 Å². The predicted octanol–water partition coefficient (Wildman–Crippen LogP) is -0.316. The van der Waals surface area contributed by atoms with Gasteiger partial charge in [0.05, 0.1) is 6.33 Å². The molecule has 0 amide bonds. The first-order chi connectivity index (χ1) is 11.4. The summed E-state index contributed by atoms with van der Waals surface area (Å²) in [6.45, 7) is 5.89. The zero-order valence-corrected chi connectivity index (χ0v) is 15.0. The van der Waals surface area contributed by atoms with E-state index in [0.717, 1.165) is 37.2 Å². The number of fused-ring (bicyclic) bond motifs is 1. The summed E-state index contributed by atoms with van der Waals surface area (Å²) < 4.78 is 4.32. The van der Waals surface area contributed by atoms with Gasteiger partial charge in [-0.2, -0.15) is 0 Å². The molecule has 0 radical (unpaired) electrons. The van der Waals surface area contributed by atoms with Crippen molar-refractivity contribution in [2.45, 2.75) is 24.9 Å². The van der Waals surface area contributed by atoms with E-state index in [-0.39, 0.29) is 11.2 Å². The largest absolute Gasteiger partial charge is 0.332 e. The van der Waals surface area contributed by atoms with Crippen LogP contribution in [0, 0.1) is 0 Å². The molecule has 1 aliphatic rings. The molecule has 1 fully saturated rings. The normalized spacial score (nSPS) is 22.3. The molecule has 2 aromatic heterocycles. The lowest BCUT2D eigenvalue weighted by Gasteiger charge is -2.42. The van der Waals surface area contributed by atoms with Crippen molar-refractivity contribution < 1.29 is 0 Å². The average molecular weight is 355 g/mol. The molecule has 2 aromatic rings. The van der Waals surface area contributed by atoms with Crippen molar-refractivity contribution in [2.75, 3.05) is 26.2 Å². The molecule has 132 valence electrons. The van der Waals surface area contributed by atoms with Gasteiger partial charge in [-0.05, 0) is 6.42 Å². The summed E-state index contributed by atoms with van der Waals surface area (Å²) in [5.74, 6) is 0. The average Bonchev–Trinajstić information content (AvgIpc) is 3.01. The molecular weight excluding hydrogens is 332 g/mol. The quantitative estimate of drug-likeness (QED) is 0.601. The van der Waals surface area contributed by atoms with Gasteiger partial charge in [-0.3, -0.25) is 18.8 Å². The fourth-order valence-electron chi connectivity index (χ4n) is 3.26. The smallest absolute Gasteiger partial charge is 0.323 e. The van der Waals surface area contributed by atoms with Gasteiger partial charge in [-0.15, -0.1) is 11.6 Å². The van der Waals surface area contributed by atoms with Crippen molar-refractivity contribution in [2.24, 2.45) is 14.1 Å². The number of aromatic nitrogens is 4. The maximum absolute atomic E-state index is 12.5. The van der Waals surface area contributed by atoms with Crippen LogP contribution in [0.2, 0.25) is 0 Å². The van der Waals surface area contributed by atoms with E-state index in [1.165, 1.54) is 11.6 Å². The molecule has 0 aromatic carbocycles. The van der Waals surface area contributed by atoms with Gasteiger partial charge in [0.15, 0.2) is 11.2 Å². The van der Waals surface area contributed by atoms with E-state index in [1.807, 2.05) is 4.57 Å². The predicted molar refractivity (Wildman–Crippen MR) is 93.5 cm³/mol. The fourth-order valence-corrected chi connectivity index (χ4v) is 3.53. The third-order valence-corrected chi connectivity index (χ3v) is 5.53. The highest BCUT2D eigenvalue weighted by Gasteiger charge is 2.34. The zero-order valence-electron chi connectivity index (χ0n) is 14.3. The Morgan fingerprint density at radius 3 is 2.75 bits per heavy atom. The SMILES string of the molecule is CCC1(Cl)CNCCN1CCn1cnc2c1c(=O)n(C)c(=O)n2C. The van der Waals surface area contributed by atoms with Crippen molar-refractivity contribution in [1.29, 1.82) is 0 Å². The standard InChI is InChI=1S/C15H23ClN6O2/c1-4-15(16)9-17-5-6-22(15)8-7-21-10-18-12-11(21)13(23)20(3)14(24)19(12)2/h10,17H,4-9H2,1-3H3. The van der Waals surface area contributed by atoms with E-state index in [2.05, 4.69) is 22.1 Å². The Balaban J connectivity index is 1.92. The van der Waals surface area contributed by atoms with E-state index in [1.54, 1.807) is 13.4 Å². The van der Waals surface area contributed by atoms with Gasteiger partial charge in [0.2, 0.25) is 0 Å². The number of alkyl halides is 1. The molecule has 0 spiro atoms. The fraction of sp³-hybridized carbons (Fsp3) is 0.667. The molecule has 8 nitrogen and oxygen atoms in total. The molecule has 1 saturated heterocycles. The minimum Gasteiger partial charge on any atom is -0.323 e. The number of halogens is 1. The first-order valence-corrected chi connectivity index (χ1v) is 8.52. The molecule has 1 N–H and O–H groups in total. The van der Waals surface area contributed by atoms with E-state index in [9.17, 15) is 9.59 Å². The molecular formula is C15H23ClN6O2. The summed E-state index contributed by atoms with van der Waals surface area (Å²) >= 11 is 6.71. The Morgan fingerprint density at radius 2 is 2.04 bits per heavy atom. The first kappa shape index (κ1) is 17.2. The minimum atomic E-state index is -0.396. The van der Waals surface area contributed by atoms with Crippen LogP contribution in [0.1, 0.15) is 13.3 Å². The Morgan fingerprint density at radius 1 is 1.29 bits per heavy atom. The number of nitrogens with one attached hydrogen (secondary N) is 1. The first-order valence-electron chi connectivity index (χ1n) is 8.14. The summed E-state index contributed by atoms with van der Waals surface area (Å²) in [6, 6.07) is 0. The van der Waals surface area contributed by atoms with Crippen LogP contribution in [0.25, 0.3) is 11.2 Å². The number of nitrogens with zero attached hydrogens (tertiary/aromatic N) is 5. The molecule has 1 atom stereocenters. The monoisotopic (exact) mass is 354 g/mol. The van der Waals surface area contributed by atoms with Gasteiger partial charge in [0, 0.05) is 46.8 Å².